The van der Waals surface area contributed by atoms with Crippen molar-refractivity contribution >= 4 is 11.7 Å². The Labute approximate surface area is 163 Å². The fourth-order valence-corrected chi connectivity index (χ4v) is 2.81. The summed E-state index contributed by atoms with van der Waals surface area (Å²) in [7, 11) is 4.73. The second kappa shape index (κ2) is 8.47. The number of carbonyl (C=O) groups is 1. The minimum atomic E-state index is -0.363. The van der Waals surface area contributed by atoms with Gasteiger partial charge in [0, 0.05) is 29.8 Å². The number of hydrogen-bond donors (Lipinski definition) is 1. The number of amides is 1. The number of benzene rings is 1. The van der Waals surface area contributed by atoms with E-state index in [0.717, 1.165) is 11.3 Å². The SMILES string of the molecule is COc1cc(OC)c(Cc2ccc(C(=O)Nc3cccc(C)n3)o2)c(OC)c1. The van der Waals surface area contributed by atoms with Gasteiger partial charge in [0.1, 0.15) is 28.8 Å². The maximum Gasteiger partial charge on any atom is 0.292 e. The number of nitrogens with one attached hydrogen (secondary N) is 1. The smallest absolute Gasteiger partial charge is 0.292 e. The van der Waals surface area contributed by atoms with E-state index in [0.29, 0.717) is 35.2 Å². The van der Waals surface area contributed by atoms with E-state index in [1.54, 1.807) is 51.7 Å². The molecule has 146 valence electrons. The average molecular weight is 382 g/mol. The molecule has 0 radical (unpaired) electrons. The topological polar surface area (TPSA) is 82.8 Å². The summed E-state index contributed by atoms with van der Waals surface area (Å²) in [6.07, 6.45) is 0.395. The van der Waals surface area contributed by atoms with Gasteiger partial charge in [0.15, 0.2) is 5.76 Å². The number of pyridine rings is 1. The fraction of sp³-hybridized carbons (Fsp3) is 0.238. The highest BCUT2D eigenvalue weighted by atomic mass is 16.5. The van der Waals surface area contributed by atoms with Crippen molar-refractivity contribution in [2.75, 3.05) is 26.6 Å². The molecule has 28 heavy (non-hydrogen) atoms. The number of aromatic nitrogens is 1. The van der Waals surface area contributed by atoms with Gasteiger partial charge < -0.3 is 23.9 Å². The van der Waals surface area contributed by atoms with Crippen LogP contribution in [-0.2, 0) is 6.42 Å². The van der Waals surface area contributed by atoms with E-state index in [4.69, 9.17) is 18.6 Å². The molecule has 7 nitrogen and oxygen atoms in total. The number of methoxy groups -OCH3 is 3. The molecule has 7 heteroatoms. The van der Waals surface area contributed by atoms with Gasteiger partial charge in [0.2, 0.25) is 0 Å². The molecule has 2 aromatic heterocycles. The zero-order valence-corrected chi connectivity index (χ0v) is 16.2. The average Bonchev–Trinajstić information content (AvgIpc) is 3.17. The lowest BCUT2D eigenvalue weighted by molar-refractivity contribution is 0.0994. The van der Waals surface area contributed by atoms with Crippen molar-refractivity contribution in [2.24, 2.45) is 0 Å². The molecule has 2 heterocycles. The first-order valence-electron chi connectivity index (χ1n) is 8.66. The van der Waals surface area contributed by atoms with Gasteiger partial charge in [-0.15, -0.1) is 0 Å². The Morgan fingerprint density at radius 3 is 2.36 bits per heavy atom. The Kier molecular flexibility index (Phi) is 5.84. The molecular formula is C21H22N2O5. The number of nitrogens with zero attached hydrogens (tertiary/aromatic N) is 1. The van der Waals surface area contributed by atoms with Gasteiger partial charge in [-0.1, -0.05) is 6.07 Å². The molecule has 0 fully saturated rings. The van der Waals surface area contributed by atoms with Crippen LogP contribution >= 0.6 is 0 Å². The third-order valence-electron chi connectivity index (χ3n) is 4.18. The van der Waals surface area contributed by atoms with Crippen LogP contribution in [-0.4, -0.2) is 32.2 Å². The highest BCUT2D eigenvalue weighted by molar-refractivity contribution is 6.01. The molecule has 0 atom stereocenters. The standard InChI is InChI=1S/C21H22N2O5/c1-13-6-5-7-20(22-13)23-21(24)17-9-8-14(28-17)10-16-18(26-3)11-15(25-2)12-19(16)27-4/h5-9,11-12H,10H2,1-4H3,(H,22,23,24). The minimum absolute atomic E-state index is 0.199. The van der Waals surface area contributed by atoms with Gasteiger partial charge in [-0.25, -0.2) is 4.98 Å². The molecule has 0 unspecified atom stereocenters. The van der Waals surface area contributed by atoms with Crippen LogP contribution in [0, 0.1) is 6.92 Å². The number of ether oxygens (including phenoxy) is 3. The van der Waals surface area contributed by atoms with E-state index in [2.05, 4.69) is 10.3 Å². The molecular weight excluding hydrogens is 360 g/mol. The van der Waals surface area contributed by atoms with Gasteiger partial charge in [-0.3, -0.25) is 4.79 Å². The molecule has 0 aliphatic heterocycles. The molecule has 0 aliphatic rings. The first kappa shape index (κ1) is 19.3. The fourth-order valence-electron chi connectivity index (χ4n) is 2.81. The van der Waals surface area contributed by atoms with Crippen molar-refractivity contribution in [3.8, 4) is 17.2 Å². The molecule has 3 aromatic rings. The van der Waals surface area contributed by atoms with E-state index in [-0.39, 0.29) is 11.7 Å². The second-order valence-corrected chi connectivity index (χ2v) is 6.07. The summed E-state index contributed by atoms with van der Waals surface area (Å²) in [4.78, 5) is 16.7. The quantitative estimate of drug-likeness (QED) is 0.668. The van der Waals surface area contributed by atoms with Gasteiger partial charge >= 0.3 is 0 Å². The number of carbonyl (C=O) groups excluding carboxylic acids is 1. The van der Waals surface area contributed by atoms with Crippen molar-refractivity contribution in [1.82, 2.24) is 4.98 Å². The highest BCUT2D eigenvalue weighted by Gasteiger charge is 2.17. The Morgan fingerprint density at radius 1 is 1.04 bits per heavy atom. The van der Waals surface area contributed by atoms with Gasteiger partial charge in [-0.05, 0) is 31.2 Å². The minimum Gasteiger partial charge on any atom is -0.496 e. The monoisotopic (exact) mass is 382 g/mol. The molecule has 0 saturated heterocycles. The van der Waals surface area contributed by atoms with Crippen molar-refractivity contribution in [1.29, 1.82) is 0 Å². The third kappa shape index (κ3) is 4.25. The molecule has 0 aliphatic carbocycles. The van der Waals surface area contributed by atoms with Crippen molar-refractivity contribution in [3.05, 3.63) is 65.2 Å². The van der Waals surface area contributed by atoms with Gasteiger partial charge in [0.05, 0.1) is 21.3 Å². The van der Waals surface area contributed by atoms with Crippen LogP contribution in [0.15, 0.2) is 46.9 Å². The number of rotatable bonds is 7. The van der Waals surface area contributed by atoms with Crippen LogP contribution in [0.3, 0.4) is 0 Å². The number of aryl methyl sites for hydroxylation is 1. The largest absolute Gasteiger partial charge is 0.496 e. The Hall–Kier alpha value is -3.48. The second-order valence-electron chi connectivity index (χ2n) is 6.07. The van der Waals surface area contributed by atoms with Gasteiger partial charge in [-0.2, -0.15) is 0 Å². The third-order valence-corrected chi connectivity index (χ3v) is 4.18. The highest BCUT2D eigenvalue weighted by Crippen LogP contribution is 2.35. The predicted molar refractivity (Wildman–Crippen MR) is 105 cm³/mol. The molecule has 1 N–H and O–H groups in total. The number of anilines is 1. The summed E-state index contributed by atoms with van der Waals surface area (Å²) < 4.78 is 21.9. The maximum absolute atomic E-state index is 12.4. The van der Waals surface area contributed by atoms with Crippen molar-refractivity contribution < 1.29 is 23.4 Å². The summed E-state index contributed by atoms with van der Waals surface area (Å²) in [5.74, 6) is 2.76. The van der Waals surface area contributed by atoms with Crippen LogP contribution in [0.2, 0.25) is 0 Å². The van der Waals surface area contributed by atoms with E-state index < -0.39 is 0 Å². The normalized spacial score (nSPS) is 10.4. The summed E-state index contributed by atoms with van der Waals surface area (Å²) in [5.41, 5.74) is 1.61. The maximum atomic E-state index is 12.4. The summed E-state index contributed by atoms with van der Waals surface area (Å²) in [5, 5.41) is 2.73. The molecule has 1 aromatic carbocycles. The Bertz CT molecular complexity index is 955. The van der Waals surface area contributed by atoms with Crippen LogP contribution in [0.5, 0.6) is 17.2 Å². The first-order valence-corrected chi connectivity index (χ1v) is 8.66. The Morgan fingerprint density at radius 2 is 1.75 bits per heavy atom. The van der Waals surface area contributed by atoms with Crippen LogP contribution in [0.25, 0.3) is 0 Å². The zero-order valence-electron chi connectivity index (χ0n) is 16.2. The summed E-state index contributed by atoms with van der Waals surface area (Å²) >= 11 is 0. The van der Waals surface area contributed by atoms with Crippen molar-refractivity contribution in [3.63, 3.8) is 0 Å². The van der Waals surface area contributed by atoms with E-state index >= 15 is 0 Å². The number of hydrogen-bond acceptors (Lipinski definition) is 6. The molecule has 0 spiro atoms. The number of furan rings is 1. The van der Waals surface area contributed by atoms with Crippen molar-refractivity contribution in [2.45, 2.75) is 13.3 Å². The van der Waals surface area contributed by atoms with Crippen LogP contribution in [0.4, 0.5) is 5.82 Å². The lowest BCUT2D eigenvalue weighted by atomic mass is 10.1. The molecule has 0 saturated carbocycles. The zero-order chi connectivity index (χ0) is 20.1. The molecule has 1 amide bonds. The van der Waals surface area contributed by atoms with Gasteiger partial charge in [0.25, 0.3) is 5.91 Å². The van der Waals surface area contributed by atoms with Crippen LogP contribution < -0.4 is 19.5 Å². The predicted octanol–water partition coefficient (Wildman–Crippen LogP) is 3.85. The van der Waals surface area contributed by atoms with E-state index in [9.17, 15) is 4.79 Å². The lowest BCUT2D eigenvalue weighted by Gasteiger charge is -2.14. The lowest BCUT2D eigenvalue weighted by Crippen LogP contribution is -2.12. The molecule has 0 bridgehead atoms. The summed E-state index contributed by atoms with van der Waals surface area (Å²) in [6, 6.07) is 12.3. The van der Waals surface area contributed by atoms with E-state index in [1.807, 2.05) is 19.1 Å². The molecule has 3 rings (SSSR count). The van der Waals surface area contributed by atoms with Crippen LogP contribution in [0.1, 0.15) is 27.6 Å². The first-order chi connectivity index (χ1) is 13.5. The van der Waals surface area contributed by atoms with E-state index in [1.165, 1.54) is 0 Å². The Balaban J connectivity index is 1.80. The summed E-state index contributed by atoms with van der Waals surface area (Å²) in [6.45, 7) is 1.86.